The van der Waals surface area contributed by atoms with Crippen molar-refractivity contribution in [1.82, 2.24) is 14.5 Å². The van der Waals surface area contributed by atoms with Crippen molar-refractivity contribution in [2.24, 2.45) is 7.05 Å². The van der Waals surface area contributed by atoms with Gasteiger partial charge in [-0.1, -0.05) is 12.1 Å². The van der Waals surface area contributed by atoms with Crippen molar-refractivity contribution in [2.45, 2.75) is 6.04 Å². The minimum atomic E-state index is -0.234. The minimum Gasteiger partial charge on any atom is -0.382 e. The normalized spacial score (nSPS) is 12.3. The molecular weight excluding hydrogens is 302 g/mol. The molecule has 1 unspecified atom stereocenters. The van der Waals surface area contributed by atoms with Crippen LogP contribution in [0.5, 0.6) is 0 Å². The maximum atomic E-state index is 13.1. The summed E-state index contributed by atoms with van der Waals surface area (Å²) in [5, 5.41) is 0.953. The van der Waals surface area contributed by atoms with Crippen molar-refractivity contribution >= 4 is 16.8 Å². The highest BCUT2D eigenvalue weighted by Crippen LogP contribution is 2.24. The monoisotopic (exact) mass is 323 g/mol. The van der Waals surface area contributed by atoms with Gasteiger partial charge in [0.2, 0.25) is 0 Å². The number of carbonyl (C=O) groups excluding carboxylic acids is 1. The highest BCUT2D eigenvalue weighted by molar-refractivity contribution is 6.06. The first-order valence-electron chi connectivity index (χ1n) is 7.84. The van der Waals surface area contributed by atoms with E-state index in [0.29, 0.717) is 12.2 Å². The molecule has 1 atom stereocenters. The van der Waals surface area contributed by atoms with Crippen molar-refractivity contribution in [3.63, 3.8) is 0 Å². The van der Waals surface area contributed by atoms with Gasteiger partial charge in [0.25, 0.3) is 5.91 Å². The van der Waals surface area contributed by atoms with E-state index >= 15 is 0 Å². The number of rotatable bonds is 5. The zero-order valence-corrected chi connectivity index (χ0v) is 14.1. The number of hydrogen-bond acceptors (Lipinski definition) is 3. The molecule has 1 amide bonds. The zero-order valence-electron chi connectivity index (χ0n) is 14.1. The Kier molecular flexibility index (Phi) is 4.62. The summed E-state index contributed by atoms with van der Waals surface area (Å²) >= 11 is 0. The Bertz CT molecular complexity index is 842. The second kappa shape index (κ2) is 6.84. The fourth-order valence-corrected chi connectivity index (χ4v) is 2.95. The van der Waals surface area contributed by atoms with Gasteiger partial charge in [-0.25, -0.2) is 0 Å². The fourth-order valence-electron chi connectivity index (χ4n) is 2.95. The van der Waals surface area contributed by atoms with E-state index in [4.69, 9.17) is 4.74 Å². The van der Waals surface area contributed by atoms with Gasteiger partial charge in [0.1, 0.15) is 0 Å². The van der Waals surface area contributed by atoms with Crippen molar-refractivity contribution in [1.29, 1.82) is 0 Å². The van der Waals surface area contributed by atoms with Gasteiger partial charge in [-0.05, 0) is 30.3 Å². The highest BCUT2D eigenvalue weighted by Gasteiger charge is 2.25. The van der Waals surface area contributed by atoms with Crippen LogP contribution >= 0.6 is 0 Å². The van der Waals surface area contributed by atoms with Crippen LogP contribution in [0.3, 0.4) is 0 Å². The number of nitrogens with zero attached hydrogens (tertiary/aromatic N) is 3. The summed E-state index contributed by atoms with van der Waals surface area (Å²) in [6.07, 6.45) is 3.70. The van der Waals surface area contributed by atoms with Gasteiger partial charge in [0.15, 0.2) is 0 Å². The highest BCUT2D eigenvalue weighted by atomic mass is 16.5. The lowest BCUT2D eigenvalue weighted by molar-refractivity contribution is 0.0597. The second-order valence-electron chi connectivity index (χ2n) is 5.81. The maximum absolute atomic E-state index is 13.1. The second-order valence-corrected chi connectivity index (χ2v) is 5.81. The summed E-state index contributed by atoms with van der Waals surface area (Å²) in [5.41, 5.74) is 2.54. The van der Waals surface area contributed by atoms with Crippen LogP contribution in [0.15, 0.2) is 54.9 Å². The Morgan fingerprint density at radius 1 is 1.25 bits per heavy atom. The SMILES string of the molecule is COCC(c1ccccn1)N(C)C(=O)c1cccc2c1ccn2C. The molecule has 0 fully saturated rings. The summed E-state index contributed by atoms with van der Waals surface area (Å²) in [6.45, 7) is 0.393. The molecular formula is C19H21N3O2. The van der Waals surface area contributed by atoms with Crippen molar-refractivity contribution in [3.05, 3.63) is 66.1 Å². The van der Waals surface area contributed by atoms with Gasteiger partial charge in [-0.2, -0.15) is 0 Å². The van der Waals surface area contributed by atoms with Crippen molar-refractivity contribution in [2.75, 3.05) is 20.8 Å². The Hall–Kier alpha value is -2.66. The number of amides is 1. The molecule has 0 N–H and O–H groups in total. The molecule has 0 saturated carbocycles. The van der Waals surface area contributed by atoms with Crippen LogP contribution in [0, 0.1) is 0 Å². The number of pyridine rings is 1. The molecule has 5 heteroatoms. The van der Waals surface area contributed by atoms with Gasteiger partial charge in [-0.3, -0.25) is 9.78 Å². The Labute approximate surface area is 141 Å². The van der Waals surface area contributed by atoms with E-state index in [1.807, 2.05) is 60.3 Å². The lowest BCUT2D eigenvalue weighted by Crippen LogP contribution is -2.34. The van der Waals surface area contributed by atoms with E-state index in [2.05, 4.69) is 4.98 Å². The number of aryl methyl sites for hydroxylation is 1. The molecule has 0 spiro atoms. The van der Waals surface area contributed by atoms with Crippen molar-refractivity contribution in [3.8, 4) is 0 Å². The predicted molar refractivity (Wildman–Crippen MR) is 93.9 cm³/mol. The average Bonchev–Trinajstić information content (AvgIpc) is 3.00. The average molecular weight is 323 g/mol. The molecule has 0 aliphatic heterocycles. The van der Waals surface area contributed by atoms with Crippen molar-refractivity contribution < 1.29 is 9.53 Å². The minimum absolute atomic E-state index is 0.0421. The van der Waals surface area contributed by atoms with E-state index in [9.17, 15) is 4.79 Å². The van der Waals surface area contributed by atoms with Gasteiger partial charge in [0.05, 0.1) is 18.3 Å². The van der Waals surface area contributed by atoms with Crippen LogP contribution in [0.1, 0.15) is 22.1 Å². The number of carbonyl (C=O) groups is 1. The summed E-state index contributed by atoms with van der Waals surface area (Å²) < 4.78 is 7.33. The van der Waals surface area contributed by atoms with E-state index in [0.717, 1.165) is 16.6 Å². The molecule has 0 aliphatic rings. The maximum Gasteiger partial charge on any atom is 0.254 e. The number of hydrogen-bond donors (Lipinski definition) is 0. The van der Waals surface area contributed by atoms with E-state index in [1.54, 1.807) is 25.3 Å². The third-order valence-electron chi connectivity index (χ3n) is 4.30. The predicted octanol–water partition coefficient (Wildman–Crippen LogP) is 3.03. The first kappa shape index (κ1) is 16.2. The Balaban J connectivity index is 1.97. The summed E-state index contributed by atoms with van der Waals surface area (Å²) in [4.78, 5) is 19.2. The number of benzene rings is 1. The Morgan fingerprint density at radius 2 is 2.08 bits per heavy atom. The molecule has 0 radical (unpaired) electrons. The number of aromatic nitrogens is 2. The zero-order chi connectivity index (χ0) is 17.1. The van der Waals surface area contributed by atoms with Crippen LogP contribution in [0.4, 0.5) is 0 Å². The van der Waals surface area contributed by atoms with Crippen LogP contribution in [-0.2, 0) is 11.8 Å². The number of ether oxygens (including phenoxy) is 1. The molecule has 2 aromatic heterocycles. The molecule has 0 saturated heterocycles. The molecule has 2 heterocycles. The standard InChI is InChI=1S/C19H21N3O2/c1-21-12-10-14-15(7-6-9-17(14)21)19(23)22(2)18(13-24-3)16-8-4-5-11-20-16/h4-12,18H,13H2,1-3H3. The summed E-state index contributed by atoms with van der Waals surface area (Å²) in [7, 11) is 5.40. The molecule has 24 heavy (non-hydrogen) atoms. The quantitative estimate of drug-likeness (QED) is 0.725. The van der Waals surface area contributed by atoms with Crippen LogP contribution in [-0.4, -0.2) is 41.1 Å². The molecule has 124 valence electrons. The van der Waals surface area contributed by atoms with Crippen LogP contribution < -0.4 is 0 Å². The lowest BCUT2D eigenvalue weighted by Gasteiger charge is -2.27. The van der Waals surface area contributed by atoms with E-state index < -0.39 is 0 Å². The third-order valence-corrected chi connectivity index (χ3v) is 4.30. The van der Waals surface area contributed by atoms with E-state index in [1.165, 1.54) is 0 Å². The molecule has 0 bridgehead atoms. The van der Waals surface area contributed by atoms with Gasteiger partial charge in [0, 0.05) is 50.1 Å². The summed E-state index contributed by atoms with van der Waals surface area (Å²) in [5.74, 6) is -0.0421. The fraction of sp³-hybridized carbons (Fsp3) is 0.263. The first-order chi connectivity index (χ1) is 11.6. The van der Waals surface area contributed by atoms with Crippen LogP contribution in [0.25, 0.3) is 10.9 Å². The number of fused-ring (bicyclic) bond motifs is 1. The molecule has 3 rings (SSSR count). The molecule has 0 aliphatic carbocycles. The number of likely N-dealkylation sites (N-methyl/N-ethyl adjacent to an activating group) is 1. The van der Waals surface area contributed by atoms with Gasteiger partial charge < -0.3 is 14.2 Å². The van der Waals surface area contributed by atoms with Crippen LogP contribution in [0.2, 0.25) is 0 Å². The lowest BCUT2D eigenvalue weighted by atomic mass is 10.1. The third kappa shape index (κ3) is 2.90. The molecule has 5 nitrogen and oxygen atoms in total. The largest absolute Gasteiger partial charge is 0.382 e. The Morgan fingerprint density at radius 3 is 2.79 bits per heavy atom. The smallest absolute Gasteiger partial charge is 0.254 e. The van der Waals surface area contributed by atoms with Gasteiger partial charge >= 0.3 is 0 Å². The molecule has 3 aromatic rings. The molecule has 1 aromatic carbocycles. The first-order valence-corrected chi connectivity index (χ1v) is 7.84. The number of methoxy groups -OCH3 is 1. The van der Waals surface area contributed by atoms with E-state index in [-0.39, 0.29) is 11.9 Å². The summed E-state index contributed by atoms with van der Waals surface area (Å²) in [6, 6.07) is 13.2. The van der Waals surface area contributed by atoms with Gasteiger partial charge in [-0.15, -0.1) is 0 Å². The topological polar surface area (TPSA) is 47.4 Å².